The number of hydrogen-bond acceptors (Lipinski definition) is 9. The summed E-state index contributed by atoms with van der Waals surface area (Å²) in [5, 5.41) is 11.7. The number of aromatic nitrogens is 2. The highest BCUT2D eigenvalue weighted by atomic mass is 32.1. The van der Waals surface area contributed by atoms with E-state index in [1.807, 2.05) is 23.6 Å². The van der Waals surface area contributed by atoms with Gasteiger partial charge in [0.25, 0.3) is 11.5 Å². The minimum Gasteiger partial charge on any atom is -0.493 e. The molecule has 1 aromatic carbocycles. The smallest absolute Gasteiger partial charge is 0.359 e. The summed E-state index contributed by atoms with van der Waals surface area (Å²) in [6, 6.07) is 11.3. The zero-order valence-electron chi connectivity index (χ0n) is 18.8. The molecule has 0 saturated carbocycles. The Hall–Kier alpha value is -3.99. The number of ether oxygens (including phenoxy) is 3. The number of carbonyl (C=O) groups excluding carboxylic acids is 2. The molecule has 2 aromatic heterocycles. The molecule has 10 nitrogen and oxygen atoms in total. The lowest BCUT2D eigenvalue weighted by molar-refractivity contribution is -0.136. The van der Waals surface area contributed by atoms with Crippen molar-refractivity contribution in [2.45, 2.75) is 12.5 Å². The van der Waals surface area contributed by atoms with Crippen molar-refractivity contribution >= 4 is 28.9 Å². The average molecular weight is 483 g/mol. The van der Waals surface area contributed by atoms with Crippen molar-refractivity contribution < 1.29 is 23.8 Å². The molecule has 176 valence electrons. The van der Waals surface area contributed by atoms with Gasteiger partial charge >= 0.3 is 5.97 Å². The summed E-state index contributed by atoms with van der Waals surface area (Å²) in [6.45, 7) is -0.533. The lowest BCUT2D eigenvalue weighted by Gasteiger charge is -2.22. The minimum absolute atomic E-state index is 0.0736. The minimum atomic E-state index is -0.812. The highest BCUT2D eigenvalue weighted by Crippen LogP contribution is 2.37. The van der Waals surface area contributed by atoms with Gasteiger partial charge in [0.05, 0.1) is 30.9 Å². The summed E-state index contributed by atoms with van der Waals surface area (Å²) >= 11 is 1.53. The number of methoxy groups -OCH3 is 2. The number of thiophene rings is 1. The quantitative estimate of drug-likeness (QED) is 0.475. The van der Waals surface area contributed by atoms with E-state index in [-0.39, 0.29) is 11.3 Å². The third-order valence-electron chi connectivity index (χ3n) is 5.26. The van der Waals surface area contributed by atoms with E-state index in [4.69, 9.17) is 14.2 Å². The monoisotopic (exact) mass is 482 g/mol. The second-order valence-electron chi connectivity index (χ2n) is 7.35. The molecular formula is C23H22N4O6S. The second kappa shape index (κ2) is 9.87. The summed E-state index contributed by atoms with van der Waals surface area (Å²) in [5.74, 6) is -0.206. The van der Waals surface area contributed by atoms with Gasteiger partial charge in [-0.2, -0.15) is 10.2 Å². The number of rotatable bonds is 7. The van der Waals surface area contributed by atoms with Gasteiger partial charge in [0.1, 0.15) is 0 Å². The molecule has 0 aliphatic carbocycles. The number of benzene rings is 1. The van der Waals surface area contributed by atoms with Crippen molar-refractivity contribution in [1.29, 1.82) is 0 Å². The molecule has 1 aliphatic heterocycles. The molecule has 3 heterocycles. The average Bonchev–Trinajstić information content (AvgIpc) is 3.54. The largest absolute Gasteiger partial charge is 0.493 e. The first-order chi connectivity index (χ1) is 16.4. The Morgan fingerprint density at radius 3 is 2.59 bits per heavy atom. The molecule has 0 saturated heterocycles. The second-order valence-corrected chi connectivity index (χ2v) is 8.30. The summed E-state index contributed by atoms with van der Waals surface area (Å²) in [4.78, 5) is 37.9. The van der Waals surface area contributed by atoms with Crippen LogP contribution in [0.4, 0.5) is 0 Å². The molecular weight excluding hydrogens is 460 g/mol. The van der Waals surface area contributed by atoms with Crippen LogP contribution in [-0.4, -0.2) is 53.2 Å². The number of carbonyl (C=O) groups is 2. The van der Waals surface area contributed by atoms with E-state index < -0.39 is 24.5 Å². The molecule has 1 amide bonds. The van der Waals surface area contributed by atoms with Crippen molar-refractivity contribution in [1.82, 2.24) is 14.8 Å². The van der Waals surface area contributed by atoms with Gasteiger partial charge in [-0.3, -0.25) is 9.59 Å². The molecule has 1 atom stereocenters. The van der Waals surface area contributed by atoms with Crippen LogP contribution in [0.1, 0.15) is 33.4 Å². The van der Waals surface area contributed by atoms with E-state index in [0.717, 1.165) is 20.8 Å². The highest BCUT2D eigenvalue weighted by Gasteiger charge is 2.34. The molecule has 1 aliphatic rings. The van der Waals surface area contributed by atoms with Crippen LogP contribution < -0.4 is 15.0 Å². The topological polar surface area (TPSA) is 112 Å². The molecule has 3 aromatic rings. The molecule has 0 N–H and O–H groups in total. The van der Waals surface area contributed by atoms with Crippen LogP contribution in [0.3, 0.4) is 0 Å². The fourth-order valence-electron chi connectivity index (χ4n) is 3.53. The maximum Gasteiger partial charge on any atom is 0.359 e. The van der Waals surface area contributed by atoms with Crippen molar-refractivity contribution in [2.24, 2.45) is 12.1 Å². The van der Waals surface area contributed by atoms with Crippen LogP contribution >= 0.6 is 11.3 Å². The van der Waals surface area contributed by atoms with E-state index in [9.17, 15) is 14.4 Å². The molecule has 0 fully saturated rings. The van der Waals surface area contributed by atoms with Crippen molar-refractivity contribution in [3.05, 3.63) is 74.3 Å². The van der Waals surface area contributed by atoms with Crippen molar-refractivity contribution in [3.63, 3.8) is 0 Å². The van der Waals surface area contributed by atoms with Crippen molar-refractivity contribution in [2.75, 3.05) is 20.8 Å². The Morgan fingerprint density at radius 2 is 1.91 bits per heavy atom. The maximum absolute atomic E-state index is 13.1. The van der Waals surface area contributed by atoms with Gasteiger partial charge in [0, 0.05) is 19.5 Å². The normalized spacial score (nSPS) is 15.1. The van der Waals surface area contributed by atoms with E-state index in [1.54, 1.807) is 26.4 Å². The standard InChI is InChI=1S/C23H22N4O6S/c1-26-21(28)9-7-15(24-26)23(30)33-13-22(29)27-17(12-16(25-27)20-5-4-10-34-20)14-6-8-18(31-2)19(11-14)32-3/h4-11,17H,12-13H2,1-3H3. The Balaban J connectivity index is 1.56. The zero-order valence-corrected chi connectivity index (χ0v) is 19.6. The molecule has 1 unspecified atom stereocenters. The molecule has 34 heavy (non-hydrogen) atoms. The Labute approximate surface area is 199 Å². The molecule has 4 rings (SSSR count). The summed E-state index contributed by atoms with van der Waals surface area (Å²) in [7, 11) is 4.51. The van der Waals surface area contributed by atoms with Crippen LogP contribution in [0.15, 0.2) is 57.7 Å². The fourth-order valence-corrected chi connectivity index (χ4v) is 4.25. The Bertz CT molecular complexity index is 1300. The molecule has 0 radical (unpaired) electrons. The van der Waals surface area contributed by atoms with Crippen LogP contribution in [0.2, 0.25) is 0 Å². The third-order valence-corrected chi connectivity index (χ3v) is 6.18. The number of nitrogens with zero attached hydrogens (tertiary/aromatic N) is 4. The summed E-state index contributed by atoms with van der Waals surface area (Å²) in [5.41, 5.74) is 1.12. The summed E-state index contributed by atoms with van der Waals surface area (Å²) in [6.07, 6.45) is 0.484. The van der Waals surface area contributed by atoms with Gasteiger partial charge in [-0.15, -0.1) is 11.3 Å². The lowest BCUT2D eigenvalue weighted by Crippen LogP contribution is -2.31. The van der Waals surface area contributed by atoms with Gasteiger partial charge in [-0.1, -0.05) is 12.1 Å². The van der Waals surface area contributed by atoms with Crippen LogP contribution in [-0.2, 0) is 16.6 Å². The number of hydrogen-bond donors (Lipinski definition) is 0. The molecule has 11 heteroatoms. The van der Waals surface area contributed by atoms with Crippen LogP contribution in [0, 0.1) is 0 Å². The van der Waals surface area contributed by atoms with Gasteiger partial charge in [-0.05, 0) is 35.2 Å². The van der Waals surface area contributed by atoms with E-state index in [0.29, 0.717) is 17.9 Å². The highest BCUT2D eigenvalue weighted by molar-refractivity contribution is 7.12. The number of hydrazone groups is 1. The first-order valence-corrected chi connectivity index (χ1v) is 11.2. The first-order valence-electron chi connectivity index (χ1n) is 10.3. The molecule has 0 spiro atoms. The van der Waals surface area contributed by atoms with Crippen LogP contribution in [0.25, 0.3) is 0 Å². The zero-order chi connectivity index (χ0) is 24.2. The van der Waals surface area contributed by atoms with Gasteiger partial charge in [0.15, 0.2) is 23.8 Å². The third kappa shape index (κ3) is 4.69. The number of amides is 1. The van der Waals surface area contributed by atoms with E-state index in [1.165, 1.54) is 35.5 Å². The Kier molecular flexibility index (Phi) is 6.73. The van der Waals surface area contributed by atoms with Gasteiger partial charge in [0.2, 0.25) is 0 Å². The fraction of sp³-hybridized carbons (Fsp3) is 0.261. The Morgan fingerprint density at radius 1 is 1.12 bits per heavy atom. The summed E-state index contributed by atoms with van der Waals surface area (Å²) < 4.78 is 16.9. The molecule has 0 bridgehead atoms. The van der Waals surface area contributed by atoms with E-state index in [2.05, 4.69) is 10.2 Å². The predicted octanol–water partition coefficient (Wildman–Crippen LogP) is 2.39. The SMILES string of the molecule is COc1ccc(C2CC(c3cccs3)=NN2C(=O)COC(=O)c2ccc(=O)n(C)n2)cc1OC. The van der Waals surface area contributed by atoms with Gasteiger partial charge in [-0.25, -0.2) is 14.5 Å². The van der Waals surface area contributed by atoms with Gasteiger partial charge < -0.3 is 14.2 Å². The van der Waals surface area contributed by atoms with E-state index >= 15 is 0 Å². The number of esters is 1. The lowest BCUT2D eigenvalue weighted by atomic mass is 10.0. The maximum atomic E-state index is 13.1. The van der Waals surface area contributed by atoms with Crippen molar-refractivity contribution in [3.8, 4) is 11.5 Å². The number of aryl methyl sites for hydroxylation is 1. The van der Waals surface area contributed by atoms with Crippen LogP contribution in [0.5, 0.6) is 11.5 Å². The predicted molar refractivity (Wildman–Crippen MR) is 124 cm³/mol. The first kappa shape index (κ1) is 23.2.